The molecule has 62 valence electrons. The summed E-state index contributed by atoms with van der Waals surface area (Å²) < 4.78 is 0. The predicted molar refractivity (Wildman–Crippen MR) is 50.5 cm³/mol. The zero-order chi connectivity index (χ0) is 8.39. The topological polar surface area (TPSA) is 17.3 Å². The first-order valence-corrected chi connectivity index (χ1v) is 4.22. The Morgan fingerprint density at radius 3 is 3.08 bits per heavy atom. The highest BCUT2D eigenvalue weighted by Gasteiger charge is 2.06. The second-order valence-corrected chi connectivity index (χ2v) is 2.90. The minimum atomic E-state index is 0.812. The van der Waals surface area contributed by atoms with Crippen molar-refractivity contribution in [2.75, 3.05) is 19.6 Å². The highest BCUT2D eigenvalue weighted by Crippen LogP contribution is 2.22. The Morgan fingerprint density at radius 2 is 2.50 bits per heavy atom. The van der Waals surface area contributed by atoms with Gasteiger partial charge < -0.3 is 10.2 Å². The molecule has 0 aromatic heterocycles. The van der Waals surface area contributed by atoms with E-state index in [9.17, 15) is 0 Å². The van der Waals surface area contributed by atoms with Crippen molar-refractivity contribution >= 4 is 0 Å². The van der Waals surface area contributed by atoms with Crippen molar-refractivity contribution in [2.24, 2.45) is 0 Å². The van der Waals surface area contributed by atoms with Crippen molar-refractivity contribution in [1.82, 2.24) is 4.90 Å². The van der Waals surface area contributed by atoms with Crippen LogP contribution in [0.15, 0.2) is 35.7 Å². The van der Waals surface area contributed by atoms with Gasteiger partial charge in [0.1, 0.15) is 0 Å². The van der Waals surface area contributed by atoms with Gasteiger partial charge in [0.2, 0.25) is 0 Å². The lowest BCUT2D eigenvalue weighted by Gasteiger charge is -2.23. The van der Waals surface area contributed by atoms with Gasteiger partial charge in [-0.25, -0.2) is 0 Å². The molecule has 2 nitrogen and oxygen atoms in total. The van der Waals surface area contributed by atoms with Crippen molar-refractivity contribution in [3.63, 3.8) is 0 Å². The van der Waals surface area contributed by atoms with E-state index in [2.05, 4.69) is 35.4 Å². The third-order valence-electron chi connectivity index (χ3n) is 2.11. The molecule has 0 bridgehead atoms. The van der Waals surface area contributed by atoms with E-state index in [0.29, 0.717) is 0 Å². The molecule has 0 unspecified atom stereocenters. The molecule has 1 fully saturated rings. The molecule has 0 N–H and O–H groups in total. The van der Waals surface area contributed by atoms with Crippen molar-refractivity contribution in [1.29, 1.82) is 0 Å². The van der Waals surface area contributed by atoms with Crippen molar-refractivity contribution in [2.45, 2.75) is 0 Å². The van der Waals surface area contributed by atoms with Gasteiger partial charge in [0, 0.05) is 0 Å². The van der Waals surface area contributed by atoms with Crippen LogP contribution < -0.4 is 0 Å². The molecule has 0 amide bonds. The van der Waals surface area contributed by atoms with Gasteiger partial charge in [-0.2, -0.15) is 0 Å². The van der Waals surface area contributed by atoms with Gasteiger partial charge >= 0.3 is 0 Å². The molecule has 2 aliphatic rings. The maximum atomic E-state index is 4.38. The van der Waals surface area contributed by atoms with E-state index in [1.165, 1.54) is 5.57 Å². The highest BCUT2D eigenvalue weighted by molar-refractivity contribution is 5.46. The quantitative estimate of drug-likeness (QED) is 0.563. The normalized spacial score (nSPS) is 23.8. The smallest absolute Gasteiger partial charge is 0.0954 e. The van der Waals surface area contributed by atoms with E-state index in [-0.39, 0.29) is 0 Å². The summed E-state index contributed by atoms with van der Waals surface area (Å²) in [5, 5.41) is 4.38. The van der Waals surface area contributed by atoms with Crippen LogP contribution in [0.2, 0.25) is 0 Å². The molecule has 0 radical (unpaired) electrons. The summed E-state index contributed by atoms with van der Waals surface area (Å²) in [4.78, 5) is 2.19. The molecule has 0 aromatic rings. The molecule has 12 heavy (non-hydrogen) atoms. The Bertz CT molecular complexity index is 261. The number of rotatable bonds is 2. The summed E-state index contributed by atoms with van der Waals surface area (Å²) in [5.41, 5.74) is 1.26. The number of nitrogens with zero attached hydrogens (tertiary/aromatic N) is 2. The van der Waals surface area contributed by atoms with Gasteiger partial charge in [-0.05, 0) is 12.1 Å². The number of hydrogen-bond acceptors (Lipinski definition) is 1. The SMILES string of the molecule is [CH2+]CN1CC[N-]/C1=C/C1=CC=C1. The van der Waals surface area contributed by atoms with Crippen LogP contribution in [0.4, 0.5) is 0 Å². The van der Waals surface area contributed by atoms with Crippen LogP contribution >= 0.6 is 0 Å². The number of hydrogen-bond donors (Lipinski definition) is 0. The lowest BCUT2D eigenvalue weighted by atomic mass is 10.1. The molecular weight excluding hydrogens is 148 g/mol. The van der Waals surface area contributed by atoms with Gasteiger partial charge in [0.05, 0.1) is 13.5 Å². The third kappa shape index (κ3) is 1.20. The molecule has 1 aliphatic heterocycles. The first-order chi connectivity index (χ1) is 5.90. The van der Waals surface area contributed by atoms with E-state index in [4.69, 9.17) is 0 Å². The minimum Gasteiger partial charge on any atom is -0.466 e. The van der Waals surface area contributed by atoms with Gasteiger partial charge in [-0.3, -0.25) is 0 Å². The monoisotopic (exact) mass is 160 g/mol. The second kappa shape index (κ2) is 2.97. The van der Waals surface area contributed by atoms with E-state index in [1.807, 2.05) is 6.08 Å². The summed E-state index contributed by atoms with van der Waals surface area (Å²) in [6.07, 6.45) is 8.32. The maximum Gasteiger partial charge on any atom is 0.0954 e. The van der Waals surface area contributed by atoms with Crippen LogP contribution in [0, 0.1) is 6.92 Å². The molecule has 0 saturated carbocycles. The molecule has 2 rings (SSSR count). The lowest BCUT2D eigenvalue weighted by molar-refractivity contribution is 0.443. The Hall–Kier alpha value is -1.31. The van der Waals surface area contributed by atoms with E-state index in [1.54, 1.807) is 0 Å². The standard InChI is InChI=1S/C10H12N2/c1-2-12-7-6-11-10(12)8-9-4-3-5-9/h3-5,8H,1-2,6-7H2/b10-8-. The van der Waals surface area contributed by atoms with Gasteiger partial charge in [0.15, 0.2) is 0 Å². The number of allylic oxidation sites excluding steroid dienone is 5. The zero-order valence-corrected chi connectivity index (χ0v) is 7.03. The predicted octanol–water partition coefficient (Wildman–Crippen LogP) is 1.85. The average molecular weight is 160 g/mol. The largest absolute Gasteiger partial charge is 0.466 e. The van der Waals surface area contributed by atoms with Crippen LogP contribution in [0.3, 0.4) is 0 Å². The van der Waals surface area contributed by atoms with Gasteiger partial charge in [0.25, 0.3) is 0 Å². The van der Waals surface area contributed by atoms with Crippen LogP contribution in [0.5, 0.6) is 0 Å². The molecule has 1 heterocycles. The maximum absolute atomic E-state index is 4.38. The fourth-order valence-electron chi connectivity index (χ4n) is 1.32. The molecule has 1 aliphatic carbocycles. The van der Waals surface area contributed by atoms with Crippen LogP contribution in [0.1, 0.15) is 0 Å². The summed E-state index contributed by atoms with van der Waals surface area (Å²) in [6.45, 7) is 6.60. The van der Waals surface area contributed by atoms with Gasteiger partial charge in [-0.15, -0.1) is 0 Å². The minimum absolute atomic E-state index is 0.812. The fraction of sp³-hybridized carbons (Fsp3) is 0.300. The summed E-state index contributed by atoms with van der Waals surface area (Å²) >= 11 is 0. The van der Waals surface area contributed by atoms with Crippen LogP contribution in [-0.4, -0.2) is 24.5 Å². The first kappa shape index (κ1) is 7.35. The Morgan fingerprint density at radius 1 is 1.67 bits per heavy atom. The summed E-state index contributed by atoms with van der Waals surface area (Å²) in [6, 6.07) is 0. The van der Waals surface area contributed by atoms with Crippen LogP contribution in [-0.2, 0) is 0 Å². The molecule has 0 spiro atoms. The molecular formula is C10H12N2. The zero-order valence-electron chi connectivity index (χ0n) is 7.03. The first-order valence-electron chi connectivity index (χ1n) is 4.22. The molecule has 1 saturated heterocycles. The Balaban J connectivity index is 2.05. The molecule has 0 aromatic carbocycles. The van der Waals surface area contributed by atoms with Crippen molar-refractivity contribution in [3.8, 4) is 0 Å². The summed E-state index contributed by atoms with van der Waals surface area (Å²) in [7, 11) is 0. The van der Waals surface area contributed by atoms with E-state index >= 15 is 0 Å². The van der Waals surface area contributed by atoms with E-state index in [0.717, 1.165) is 25.5 Å². The highest BCUT2D eigenvalue weighted by atomic mass is 15.3. The third-order valence-corrected chi connectivity index (χ3v) is 2.11. The van der Waals surface area contributed by atoms with E-state index < -0.39 is 0 Å². The molecule has 0 atom stereocenters. The molecule has 2 heteroatoms. The Labute approximate surface area is 73.3 Å². The average Bonchev–Trinajstić information content (AvgIpc) is 2.43. The van der Waals surface area contributed by atoms with Gasteiger partial charge in [-0.1, -0.05) is 36.7 Å². The fourth-order valence-corrected chi connectivity index (χ4v) is 1.32. The van der Waals surface area contributed by atoms with Crippen molar-refractivity contribution < 1.29 is 0 Å². The second-order valence-electron chi connectivity index (χ2n) is 2.90. The van der Waals surface area contributed by atoms with Crippen molar-refractivity contribution in [3.05, 3.63) is 47.9 Å². The Kier molecular flexibility index (Phi) is 1.82. The van der Waals surface area contributed by atoms with Crippen LogP contribution in [0.25, 0.3) is 5.32 Å². The summed E-state index contributed by atoms with van der Waals surface area (Å²) in [5.74, 6) is 1.08. The lowest BCUT2D eigenvalue weighted by Crippen LogP contribution is -2.17.